The normalized spacial score (nSPS) is 20.8. The zero-order valence-electron chi connectivity index (χ0n) is 16.5. The minimum atomic E-state index is -2.86. The van der Waals surface area contributed by atoms with Gasteiger partial charge in [-0.15, -0.1) is 0 Å². The number of nitrogens with zero attached hydrogens (tertiary/aromatic N) is 4. The summed E-state index contributed by atoms with van der Waals surface area (Å²) in [4.78, 5) is 35.9. The number of rotatable bonds is 8. The average molecular weight is 427 g/mol. The lowest BCUT2D eigenvalue weighted by molar-refractivity contribution is -0.117. The predicted octanol–water partition coefficient (Wildman–Crippen LogP) is 2.08. The number of halogens is 2. The fourth-order valence-electron chi connectivity index (χ4n) is 3.02. The lowest BCUT2D eigenvalue weighted by Gasteiger charge is -2.27. The second-order valence-corrected chi connectivity index (χ2v) is 7.89. The molecule has 2 aromatic rings. The van der Waals surface area contributed by atoms with Gasteiger partial charge in [0, 0.05) is 24.1 Å². The van der Waals surface area contributed by atoms with Gasteiger partial charge in [-0.1, -0.05) is 0 Å². The van der Waals surface area contributed by atoms with Gasteiger partial charge in [0.25, 0.3) is 5.92 Å². The molecule has 9 nitrogen and oxygen atoms in total. The number of pyridine rings is 1. The average Bonchev–Trinajstić information content (AvgIpc) is 3.66. The summed E-state index contributed by atoms with van der Waals surface area (Å²) in [5.41, 5.74) is -0.460. The van der Waals surface area contributed by atoms with E-state index < -0.39 is 17.6 Å². The van der Waals surface area contributed by atoms with Gasteiger partial charge in [-0.25, -0.2) is 18.7 Å². The van der Waals surface area contributed by atoms with Crippen LogP contribution in [-0.2, 0) is 9.59 Å². The van der Waals surface area contributed by atoms with Crippen LogP contribution >= 0.6 is 0 Å². The van der Waals surface area contributed by atoms with Crippen LogP contribution in [0, 0.1) is 17.2 Å². The van der Waals surface area contributed by atoms with Crippen LogP contribution in [0.2, 0.25) is 0 Å². The number of carbonyl (C=O) groups is 2. The van der Waals surface area contributed by atoms with Gasteiger partial charge in [-0.3, -0.25) is 19.9 Å². The molecule has 0 spiro atoms. The van der Waals surface area contributed by atoms with Crippen molar-refractivity contribution in [3.63, 3.8) is 0 Å². The Morgan fingerprint density at radius 2 is 2.03 bits per heavy atom. The largest absolute Gasteiger partial charge is 0.359 e. The molecule has 2 heterocycles. The van der Waals surface area contributed by atoms with Crippen molar-refractivity contribution in [2.45, 2.75) is 43.8 Å². The smallest absolute Gasteiger partial charge is 0.265 e. The number of hydrogen-bond donors (Lipinski definition) is 3. The summed E-state index contributed by atoms with van der Waals surface area (Å²) in [7, 11) is 0. The first-order valence-corrected chi connectivity index (χ1v) is 9.66. The molecule has 160 valence electrons. The Labute approximate surface area is 176 Å². The number of amides is 1. The molecule has 2 fully saturated rings. The molecule has 11 heteroatoms. The van der Waals surface area contributed by atoms with Crippen LogP contribution in [0.3, 0.4) is 0 Å². The first-order valence-electron chi connectivity index (χ1n) is 9.66. The molecule has 2 aromatic heterocycles. The van der Waals surface area contributed by atoms with Crippen molar-refractivity contribution in [1.29, 1.82) is 5.26 Å². The number of nitriles is 1. The molecule has 31 heavy (non-hydrogen) atoms. The van der Waals surface area contributed by atoms with Gasteiger partial charge in [0.15, 0.2) is 17.8 Å². The first-order chi connectivity index (χ1) is 14.7. The highest BCUT2D eigenvalue weighted by atomic mass is 19.3. The fraction of sp³-hybridized carbons (Fsp3) is 0.400. The van der Waals surface area contributed by atoms with Crippen LogP contribution in [0.1, 0.15) is 31.9 Å². The van der Waals surface area contributed by atoms with E-state index in [1.807, 2.05) is 6.07 Å². The van der Waals surface area contributed by atoms with Gasteiger partial charge in [0.1, 0.15) is 11.7 Å². The Hall–Kier alpha value is -3.52. The SMILES string of the molecule is C[C@@](C=O)(Nc1cc(-c2cnc(NC(=O)C3CC3)cn2)cnc1C#N)NC1CC1(F)F. The molecule has 4 rings (SSSR count). The highest BCUT2D eigenvalue weighted by Gasteiger charge is 2.58. The maximum Gasteiger partial charge on any atom is 0.265 e. The molecular formula is C20H19F2N7O2. The van der Waals surface area contributed by atoms with E-state index in [1.165, 1.54) is 31.6 Å². The topological polar surface area (TPSA) is 133 Å². The number of anilines is 2. The molecule has 1 amide bonds. The molecule has 0 saturated heterocycles. The number of alkyl halides is 2. The zero-order chi connectivity index (χ0) is 22.2. The second kappa shape index (κ2) is 7.63. The molecule has 2 aliphatic rings. The minimum absolute atomic E-state index is 0.0116. The van der Waals surface area contributed by atoms with Crippen LogP contribution in [-0.4, -0.2) is 44.8 Å². The van der Waals surface area contributed by atoms with E-state index in [-0.39, 0.29) is 29.6 Å². The highest BCUT2D eigenvalue weighted by Crippen LogP contribution is 2.42. The number of aromatic nitrogens is 3. The molecule has 0 bridgehead atoms. The maximum atomic E-state index is 13.3. The van der Waals surface area contributed by atoms with E-state index in [2.05, 4.69) is 30.9 Å². The summed E-state index contributed by atoms with van der Waals surface area (Å²) in [5, 5.41) is 17.4. The molecule has 2 atom stereocenters. The molecular weight excluding hydrogens is 408 g/mol. The Kier molecular flexibility index (Phi) is 5.10. The third-order valence-corrected chi connectivity index (χ3v) is 5.07. The summed E-state index contributed by atoms with van der Waals surface area (Å²) < 4.78 is 26.6. The van der Waals surface area contributed by atoms with Gasteiger partial charge >= 0.3 is 0 Å². The van der Waals surface area contributed by atoms with Crippen LogP contribution < -0.4 is 16.0 Å². The van der Waals surface area contributed by atoms with Gasteiger partial charge in [0.05, 0.1) is 29.8 Å². The Bertz CT molecular complexity index is 1070. The molecule has 3 N–H and O–H groups in total. The molecule has 0 radical (unpaired) electrons. The summed E-state index contributed by atoms with van der Waals surface area (Å²) in [6.07, 6.45) is 6.11. The predicted molar refractivity (Wildman–Crippen MR) is 106 cm³/mol. The Morgan fingerprint density at radius 3 is 2.58 bits per heavy atom. The lowest BCUT2D eigenvalue weighted by atomic mass is 10.1. The standard InChI is InChI=1S/C20H19F2N7O2/c1-19(10-30,29-16-5-20(16,21)22)28-13-4-12(7-24-14(13)6-23)15-8-26-17(9-25-15)27-18(31)11-2-3-11/h4,7-11,16,28-29H,2-3,5H2,1H3,(H,26,27,31)/t16?,19-/m1/s1. The maximum absolute atomic E-state index is 13.3. The lowest BCUT2D eigenvalue weighted by Crippen LogP contribution is -2.53. The molecule has 0 aliphatic heterocycles. The molecule has 2 saturated carbocycles. The summed E-state index contributed by atoms with van der Waals surface area (Å²) >= 11 is 0. The molecule has 2 aliphatic carbocycles. The quantitative estimate of drug-likeness (QED) is 0.431. The minimum Gasteiger partial charge on any atom is -0.359 e. The Balaban J connectivity index is 1.53. The zero-order valence-corrected chi connectivity index (χ0v) is 16.5. The van der Waals surface area contributed by atoms with Crippen molar-refractivity contribution in [1.82, 2.24) is 20.3 Å². The van der Waals surface area contributed by atoms with Gasteiger partial charge in [-0.05, 0) is 25.8 Å². The van der Waals surface area contributed by atoms with E-state index in [9.17, 15) is 23.6 Å². The number of nitrogens with one attached hydrogen (secondary N) is 3. The Morgan fingerprint density at radius 1 is 1.29 bits per heavy atom. The highest BCUT2D eigenvalue weighted by molar-refractivity contribution is 5.93. The van der Waals surface area contributed by atoms with E-state index in [4.69, 9.17) is 0 Å². The van der Waals surface area contributed by atoms with Gasteiger partial charge < -0.3 is 10.6 Å². The summed E-state index contributed by atoms with van der Waals surface area (Å²) in [6, 6.07) is 2.31. The van der Waals surface area contributed by atoms with Crippen molar-refractivity contribution in [2.75, 3.05) is 10.6 Å². The van der Waals surface area contributed by atoms with E-state index in [1.54, 1.807) is 0 Å². The third-order valence-electron chi connectivity index (χ3n) is 5.07. The van der Waals surface area contributed by atoms with E-state index >= 15 is 0 Å². The van der Waals surface area contributed by atoms with Gasteiger partial charge in [0.2, 0.25) is 5.91 Å². The van der Waals surface area contributed by atoms with E-state index in [0.717, 1.165) is 12.8 Å². The molecule has 0 aromatic carbocycles. The van der Waals surface area contributed by atoms with Crippen molar-refractivity contribution in [3.05, 3.63) is 30.4 Å². The van der Waals surface area contributed by atoms with Crippen LogP contribution in [0.4, 0.5) is 20.3 Å². The third kappa shape index (κ3) is 4.64. The van der Waals surface area contributed by atoms with Crippen molar-refractivity contribution >= 4 is 23.7 Å². The van der Waals surface area contributed by atoms with E-state index in [0.29, 0.717) is 23.4 Å². The number of carbonyl (C=O) groups excluding carboxylic acids is 2. The molecule has 1 unspecified atom stereocenters. The first kappa shape index (κ1) is 20.7. The second-order valence-electron chi connectivity index (χ2n) is 7.89. The van der Waals surface area contributed by atoms with Crippen LogP contribution in [0.5, 0.6) is 0 Å². The number of hydrogen-bond acceptors (Lipinski definition) is 8. The van der Waals surface area contributed by atoms with Crippen LogP contribution in [0.25, 0.3) is 11.3 Å². The van der Waals surface area contributed by atoms with Crippen LogP contribution in [0.15, 0.2) is 24.7 Å². The van der Waals surface area contributed by atoms with Crippen molar-refractivity contribution in [3.8, 4) is 17.3 Å². The summed E-state index contributed by atoms with van der Waals surface area (Å²) in [5.74, 6) is -2.59. The van der Waals surface area contributed by atoms with Crippen molar-refractivity contribution in [2.24, 2.45) is 5.92 Å². The summed E-state index contributed by atoms with van der Waals surface area (Å²) in [6.45, 7) is 1.40. The van der Waals surface area contributed by atoms with Crippen molar-refractivity contribution < 1.29 is 18.4 Å². The monoisotopic (exact) mass is 427 g/mol. The fourth-order valence-corrected chi connectivity index (χ4v) is 3.02. The van der Waals surface area contributed by atoms with Gasteiger partial charge in [-0.2, -0.15) is 5.26 Å². The number of aldehydes is 1.